The highest BCUT2D eigenvalue weighted by atomic mass is 19.1. The molecule has 1 fully saturated rings. The van der Waals surface area contributed by atoms with Crippen molar-refractivity contribution in [3.63, 3.8) is 0 Å². The number of benzene rings is 2. The summed E-state index contributed by atoms with van der Waals surface area (Å²) in [7, 11) is 0. The van der Waals surface area contributed by atoms with Crippen LogP contribution in [0.25, 0.3) is 0 Å². The van der Waals surface area contributed by atoms with Crippen LogP contribution in [0.5, 0.6) is 0 Å². The van der Waals surface area contributed by atoms with Crippen molar-refractivity contribution in [3.8, 4) is 0 Å². The van der Waals surface area contributed by atoms with Crippen LogP contribution in [0, 0.1) is 11.7 Å². The van der Waals surface area contributed by atoms with Gasteiger partial charge in [0.1, 0.15) is 5.82 Å². The number of ketones is 1. The number of halogens is 1. The Kier molecular flexibility index (Phi) is 7.28. The number of fused-ring (bicyclic) bond motifs is 3. The SMILES string of the molecule is CC(C)CCOC(=O)N1CCN2c3c(cccc31)C1CN(CCCC(=O)c3ccc(F)cc3)CCC12. The van der Waals surface area contributed by atoms with E-state index in [0.717, 1.165) is 51.1 Å². The summed E-state index contributed by atoms with van der Waals surface area (Å²) < 4.78 is 18.7. The highest BCUT2D eigenvalue weighted by molar-refractivity contribution is 5.96. The van der Waals surface area contributed by atoms with Gasteiger partial charge in [-0.1, -0.05) is 26.0 Å². The number of para-hydroxylation sites is 1. The molecule has 7 heteroatoms. The number of piperidine rings is 1. The number of hydrogen-bond acceptors (Lipinski definition) is 5. The number of likely N-dealkylation sites (tertiary alicyclic amines) is 1. The zero-order chi connectivity index (χ0) is 25.2. The number of amides is 1. The fraction of sp³-hybridized carbons (Fsp3) is 0.517. The predicted octanol–water partition coefficient (Wildman–Crippen LogP) is 5.47. The number of nitrogens with zero attached hydrogens (tertiary/aromatic N) is 3. The van der Waals surface area contributed by atoms with Gasteiger partial charge in [0.15, 0.2) is 5.78 Å². The van der Waals surface area contributed by atoms with Crippen molar-refractivity contribution >= 4 is 23.3 Å². The monoisotopic (exact) mass is 493 g/mol. The van der Waals surface area contributed by atoms with Crippen molar-refractivity contribution in [3.05, 3.63) is 59.4 Å². The van der Waals surface area contributed by atoms with Gasteiger partial charge in [0, 0.05) is 50.1 Å². The van der Waals surface area contributed by atoms with Crippen LogP contribution >= 0.6 is 0 Å². The molecule has 192 valence electrons. The lowest BCUT2D eigenvalue weighted by Crippen LogP contribution is -2.50. The van der Waals surface area contributed by atoms with Crippen LogP contribution in [0.3, 0.4) is 0 Å². The molecule has 0 aromatic heterocycles. The smallest absolute Gasteiger partial charge is 0.414 e. The van der Waals surface area contributed by atoms with E-state index in [0.29, 0.717) is 43.0 Å². The van der Waals surface area contributed by atoms with E-state index in [1.165, 1.54) is 23.4 Å². The van der Waals surface area contributed by atoms with E-state index >= 15 is 0 Å². The zero-order valence-corrected chi connectivity index (χ0v) is 21.3. The maximum absolute atomic E-state index is 13.1. The topological polar surface area (TPSA) is 53.1 Å². The van der Waals surface area contributed by atoms with Gasteiger partial charge in [-0.25, -0.2) is 9.18 Å². The highest BCUT2D eigenvalue weighted by Gasteiger charge is 2.45. The second kappa shape index (κ2) is 10.6. The van der Waals surface area contributed by atoms with E-state index in [2.05, 4.69) is 35.8 Å². The summed E-state index contributed by atoms with van der Waals surface area (Å²) >= 11 is 0. The maximum atomic E-state index is 13.1. The molecule has 3 heterocycles. The Morgan fingerprint density at radius 1 is 1.08 bits per heavy atom. The minimum atomic E-state index is -0.321. The molecule has 1 amide bonds. The normalized spacial score (nSPS) is 20.9. The van der Waals surface area contributed by atoms with Gasteiger partial charge < -0.3 is 14.5 Å². The van der Waals surface area contributed by atoms with E-state index in [9.17, 15) is 14.0 Å². The van der Waals surface area contributed by atoms with E-state index in [1.807, 2.05) is 11.0 Å². The Balaban J connectivity index is 1.22. The summed E-state index contributed by atoms with van der Waals surface area (Å²) in [4.78, 5) is 32.1. The molecule has 36 heavy (non-hydrogen) atoms. The van der Waals surface area contributed by atoms with Crippen molar-refractivity contribution in [2.75, 3.05) is 49.1 Å². The first-order valence-electron chi connectivity index (χ1n) is 13.3. The van der Waals surface area contributed by atoms with Gasteiger partial charge in [-0.2, -0.15) is 0 Å². The zero-order valence-electron chi connectivity index (χ0n) is 21.3. The summed E-state index contributed by atoms with van der Waals surface area (Å²) in [5.74, 6) is 0.651. The number of carbonyl (C=O) groups excluding carboxylic acids is 2. The molecular formula is C29H36FN3O3. The number of anilines is 2. The van der Waals surface area contributed by atoms with Crippen LogP contribution in [0.1, 0.15) is 61.4 Å². The number of rotatable bonds is 8. The molecule has 2 unspecified atom stereocenters. The van der Waals surface area contributed by atoms with Gasteiger partial charge in [0.05, 0.1) is 18.0 Å². The first kappa shape index (κ1) is 24.8. The molecule has 2 aromatic carbocycles. The van der Waals surface area contributed by atoms with Crippen LogP contribution in [-0.4, -0.2) is 62.1 Å². The Hall–Kier alpha value is -2.93. The average molecular weight is 494 g/mol. The molecule has 2 atom stereocenters. The fourth-order valence-corrected chi connectivity index (χ4v) is 5.93. The van der Waals surface area contributed by atoms with Crippen molar-refractivity contribution in [1.82, 2.24) is 4.90 Å². The minimum absolute atomic E-state index is 0.0678. The summed E-state index contributed by atoms with van der Waals surface area (Å²) in [5.41, 5.74) is 4.07. The Bertz CT molecular complexity index is 1100. The van der Waals surface area contributed by atoms with Gasteiger partial charge in [-0.05, 0) is 67.6 Å². The lowest BCUT2D eigenvalue weighted by atomic mass is 9.89. The van der Waals surface area contributed by atoms with Crippen LogP contribution in [-0.2, 0) is 4.74 Å². The summed E-state index contributed by atoms with van der Waals surface area (Å²) in [6.45, 7) is 9.03. The van der Waals surface area contributed by atoms with Gasteiger partial charge in [0.2, 0.25) is 0 Å². The lowest BCUT2D eigenvalue weighted by Gasteiger charge is -2.41. The molecule has 0 spiro atoms. The maximum Gasteiger partial charge on any atom is 0.414 e. The molecule has 0 N–H and O–H groups in total. The van der Waals surface area contributed by atoms with Gasteiger partial charge in [-0.15, -0.1) is 0 Å². The van der Waals surface area contributed by atoms with Crippen LogP contribution in [0.15, 0.2) is 42.5 Å². The second-order valence-corrected chi connectivity index (χ2v) is 10.7. The number of hydrogen-bond donors (Lipinski definition) is 0. The van der Waals surface area contributed by atoms with Gasteiger partial charge in [0.25, 0.3) is 0 Å². The third-order valence-electron chi connectivity index (χ3n) is 7.83. The Morgan fingerprint density at radius 3 is 2.67 bits per heavy atom. The molecule has 6 nitrogen and oxygen atoms in total. The van der Waals surface area contributed by atoms with Crippen molar-refractivity contribution in [2.45, 2.75) is 51.5 Å². The molecular weight excluding hydrogens is 457 g/mol. The van der Waals surface area contributed by atoms with Crippen LogP contribution in [0.4, 0.5) is 20.6 Å². The minimum Gasteiger partial charge on any atom is -0.449 e. The molecule has 0 radical (unpaired) electrons. The third-order valence-corrected chi connectivity index (χ3v) is 7.83. The first-order valence-corrected chi connectivity index (χ1v) is 13.3. The van der Waals surface area contributed by atoms with Crippen LogP contribution in [0.2, 0.25) is 0 Å². The number of carbonyl (C=O) groups is 2. The van der Waals surface area contributed by atoms with Crippen LogP contribution < -0.4 is 9.80 Å². The molecule has 0 bridgehead atoms. The van der Waals surface area contributed by atoms with E-state index in [-0.39, 0.29) is 17.7 Å². The predicted molar refractivity (Wildman–Crippen MR) is 139 cm³/mol. The molecule has 1 saturated heterocycles. The molecule has 5 rings (SSSR count). The van der Waals surface area contributed by atoms with E-state index in [4.69, 9.17) is 4.74 Å². The highest BCUT2D eigenvalue weighted by Crippen LogP contribution is 2.50. The van der Waals surface area contributed by atoms with Crippen molar-refractivity contribution in [2.24, 2.45) is 5.92 Å². The van der Waals surface area contributed by atoms with E-state index in [1.54, 1.807) is 12.1 Å². The first-order chi connectivity index (χ1) is 17.4. The lowest BCUT2D eigenvalue weighted by molar-refractivity contribution is 0.0971. The molecule has 3 aliphatic heterocycles. The molecule has 0 saturated carbocycles. The number of ether oxygens (including phenoxy) is 1. The Labute approximate surface area is 213 Å². The Morgan fingerprint density at radius 2 is 1.89 bits per heavy atom. The van der Waals surface area contributed by atoms with Gasteiger partial charge >= 0.3 is 6.09 Å². The molecule has 0 aliphatic carbocycles. The summed E-state index contributed by atoms with van der Waals surface area (Å²) in [5, 5.41) is 0. The third kappa shape index (κ3) is 4.99. The van der Waals surface area contributed by atoms with E-state index < -0.39 is 0 Å². The summed E-state index contributed by atoms with van der Waals surface area (Å²) in [6, 6.07) is 12.6. The average Bonchev–Trinajstić information content (AvgIpc) is 3.19. The largest absolute Gasteiger partial charge is 0.449 e. The number of Topliss-reactive ketones (excluding diaryl/α,β-unsaturated/α-hetero) is 1. The second-order valence-electron chi connectivity index (χ2n) is 10.7. The quantitative estimate of drug-likeness (QED) is 0.457. The van der Waals surface area contributed by atoms with Crippen molar-refractivity contribution in [1.29, 1.82) is 0 Å². The standard InChI is InChI=1S/C29H36FN3O3/c1-20(2)13-18-36-29(35)33-17-16-32-25-12-15-31(19-24(25)23-5-3-6-26(33)28(23)32)14-4-7-27(34)21-8-10-22(30)11-9-21/h3,5-6,8-11,20,24-25H,4,7,12-19H2,1-2H3. The molecule has 2 aromatic rings. The summed E-state index contributed by atoms with van der Waals surface area (Å²) in [6.07, 6.45) is 2.96. The van der Waals surface area contributed by atoms with Gasteiger partial charge in [-0.3, -0.25) is 9.69 Å². The van der Waals surface area contributed by atoms with Crippen molar-refractivity contribution < 1.29 is 18.7 Å². The fourth-order valence-electron chi connectivity index (χ4n) is 5.93. The molecule has 3 aliphatic rings.